The Morgan fingerprint density at radius 2 is 2.00 bits per heavy atom. The molecule has 1 aliphatic rings. The zero-order valence-corrected chi connectivity index (χ0v) is 11.8. The van der Waals surface area contributed by atoms with E-state index in [1.54, 1.807) is 6.92 Å². The van der Waals surface area contributed by atoms with E-state index in [4.69, 9.17) is 10.8 Å². The summed E-state index contributed by atoms with van der Waals surface area (Å²) in [7, 11) is 2.13. The summed E-state index contributed by atoms with van der Waals surface area (Å²) in [4.78, 5) is 13.2. The highest BCUT2D eigenvalue weighted by Gasteiger charge is 2.27. The fourth-order valence-electron chi connectivity index (χ4n) is 2.72. The molecule has 0 heterocycles. The smallest absolute Gasteiger partial charge is 0.323 e. The van der Waals surface area contributed by atoms with Crippen LogP contribution in [0.2, 0.25) is 0 Å². The summed E-state index contributed by atoms with van der Waals surface area (Å²) in [6.07, 6.45) is 8.24. The molecule has 0 aromatic rings. The minimum absolute atomic E-state index is 0.539. The Labute approximate surface area is 111 Å². The third-order valence-corrected chi connectivity index (χ3v) is 4.02. The van der Waals surface area contributed by atoms with E-state index in [1.807, 2.05) is 0 Å². The van der Waals surface area contributed by atoms with Crippen LogP contribution in [0.1, 0.15) is 51.9 Å². The van der Waals surface area contributed by atoms with Gasteiger partial charge in [0.1, 0.15) is 5.54 Å². The standard InChI is InChI=1S/C14H28N2O2/c1-14(15,13(17)18)9-6-10-16(2)11-12-7-4-3-5-8-12/h12H,3-11,15H2,1-2H3,(H,17,18). The van der Waals surface area contributed by atoms with Gasteiger partial charge in [-0.15, -0.1) is 0 Å². The van der Waals surface area contributed by atoms with Gasteiger partial charge in [0.15, 0.2) is 0 Å². The predicted molar refractivity (Wildman–Crippen MR) is 73.5 cm³/mol. The van der Waals surface area contributed by atoms with Gasteiger partial charge in [0.2, 0.25) is 0 Å². The van der Waals surface area contributed by atoms with E-state index < -0.39 is 11.5 Å². The molecule has 0 radical (unpaired) electrons. The highest BCUT2D eigenvalue weighted by molar-refractivity contribution is 5.77. The van der Waals surface area contributed by atoms with Gasteiger partial charge < -0.3 is 15.7 Å². The van der Waals surface area contributed by atoms with E-state index in [0.29, 0.717) is 6.42 Å². The monoisotopic (exact) mass is 256 g/mol. The van der Waals surface area contributed by atoms with Crippen LogP contribution < -0.4 is 5.73 Å². The quantitative estimate of drug-likeness (QED) is 0.732. The molecule has 0 spiro atoms. The van der Waals surface area contributed by atoms with Gasteiger partial charge in [-0.3, -0.25) is 4.79 Å². The number of nitrogens with zero attached hydrogens (tertiary/aromatic N) is 1. The molecule has 4 heteroatoms. The number of carbonyl (C=O) groups is 1. The minimum Gasteiger partial charge on any atom is -0.480 e. The molecular formula is C14H28N2O2. The Balaban J connectivity index is 2.16. The van der Waals surface area contributed by atoms with Crippen molar-refractivity contribution in [2.75, 3.05) is 20.1 Å². The maximum absolute atomic E-state index is 10.9. The molecule has 0 saturated heterocycles. The Hall–Kier alpha value is -0.610. The number of aliphatic carboxylic acids is 1. The van der Waals surface area contributed by atoms with E-state index >= 15 is 0 Å². The van der Waals surface area contributed by atoms with E-state index in [1.165, 1.54) is 32.1 Å². The lowest BCUT2D eigenvalue weighted by Gasteiger charge is -2.27. The lowest BCUT2D eigenvalue weighted by molar-refractivity contribution is -0.142. The number of carboxylic acids is 1. The van der Waals surface area contributed by atoms with E-state index in [0.717, 1.165) is 25.4 Å². The molecule has 106 valence electrons. The Morgan fingerprint density at radius 1 is 1.39 bits per heavy atom. The summed E-state index contributed by atoms with van der Waals surface area (Å²) >= 11 is 0. The van der Waals surface area contributed by atoms with Crippen LogP contribution in [0.15, 0.2) is 0 Å². The molecule has 1 rings (SSSR count). The second-order valence-corrected chi connectivity index (χ2v) is 6.09. The highest BCUT2D eigenvalue weighted by atomic mass is 16.4. The van der Waals surface area contributed by atoms with E-state index in [2.05, 4.69) is 11.9 Å². The maximum atomic E-state index is 10.9. The fourth-order valence-corrected chi connectivity index (χ4v) is 2.72. The molecule has 3 N–H and O–H groups in total. The molecule has 1 unspecified atom stereocenters. The van der Waals surface area contributed by atoms with Crippen molar-refractivity contribution in [2.24, 2.45) is 11.7 Å². The van der Waals surface area contributed by atoms with E-state index in [-0.39, 0.29) is 0 Å². The first-order chi connectivity index (χ1) is 8.42. The molecule has 0 aromatic carbocycles. The molecule has 1 atom stereocenters. The molecule has 1 aliphatic carbocycles. The van der Waals surface area contributed by atoms with Crippen LogP contribution in [0.4, 0.5) is 0 Å². The van der Waals surface area contributed by atoms with Crippen LogP contribution in [0.5, 0.6) is 0 Å². The molecule has 0 aromatic heterocycles. The van der Waals surface area contributed by atoms with Gasteiger partial charge in [0.25, 0.3) is 0 Å². The molecule has 1 saturated carbocycles. The van der Waals surface area contributed by atoms with Crippen LogP contribution in [0, 0.1) is 5.92 Å². The topological polar surface area (TPSA) is 66.6 Å². The van der Waals surface area contributed by atoms with Crippen molar-refractivity contribution in [1.82, 2.24) is 4.90 Å². The zero-order chi connectivity index (χ0) is 13.6. The second-order valence-electron chi connectivity index (χ2n) is 6.09. The third kappa shape index (κ3) is 5.36. The summed E-state index contributed by atoms with van der Waals surface area (Å²) in [5.41, 5.74) is 4.63. The average molecular weight is 256 g/mol. The van der Waals surface area contributed by atoms with Crippen molar-refractivity contribution in [3.05, 3.63) is 0 Å². The summed E-state index contributed by atoms with van der Waals surface area (Å²) in [6.45, 7) is 3.68. The average Bonchev–Trinajstić information content (AvgIpc) is 2.29. The van der Waals surface area contributed by atoms with Gasteiger partial charge in [-0.05, 0) is 52.1 Å². The fraction of sp³-hybridized carbons (Fsp3) is 0.929. The molecule has 4 nitrogen and oxygen atoms in total. The molecule has 0 aliphatic heterocycles. The molecule has 0 amide bonds. The van der Waals surface area contributed by atoms with E-state index in [9.17, 15) is 4.79 Å². The number of nitrogens with two attached hydrogens (primary N) is 1. The summed E-state index contributed by atoms with van der Waals surface area (Å²) in [5, 5.41) is 8.93. The lowest BCUT2D eigenvalue weighted by Crippen LogP contribution is -2.45. The number of rotatable bonds is 7. The van der Waals surface area contributed by atoms with Gasteiger partial charge in [-0.2, -0.15) is 0 Å². The summed E-state index contributed by atoms with van der Waals surface area (Å²) < 4.78 is 0. The number of hydrogen-bond donors (Lipinski definition) is 2. The van der Waals surface area contributed by atoms with Crippen LogP contribution >= 0.6 is 0 Å². The highest BCUT2D eigenvalue weighted by Crippen LogP contribution is 2.24. The van der Waals surface area contributed by atoms with Crippen molar-refractivity contribution in [1.29, 1.82) is 0 Å². The first kappa shape index (κ1) is 15.4. The maximum Gasteiger partial charge on any atom is 0.323 e. The normalized spacial score (nSPS) is 20.9. The molecule has 18 heavy (non-hydrogen) atoms. The van der Waals surface area contributed by atoms with Gasteiger partial charge in [0, 0.05) is 6.54 Å². The van der Waals surface area contributed by atoms with Gasteiger partial charge in [-0.25, -0.2) is 0 Å². The van der Waals surface area contributed by atoms with Crippen LogP contribution in [-0.2, 0) is 4.79 Å². The van der Waals surface area contributed by atoms with Crippen LogP contribution in [-0.4, -0.2) is 41.7 Å². The van der Waals surface area contributed by atoms with Crippen molar-refractivity contribution in [2.45, 2.75) is 57.4 Å². The molecule has 0 bridgehead atoms. The molecule has 1 fully saturated rings. The van der Waals surface area contributed by atoms with Gasteiger partial charge in [0.05, 0.1) is 0 Å². The van der Waals surface area contributed by atoms with Gasteiger partial charge >= 0.3 is 5.97 Å². The minimum atomic E-state index is -1.08. The van der Waals surface area contributed by atoms with Crippen LogP contribution in [0.3, 0.4) is 0 Å². The predicted octanol–water partition coefficient (Wildman–Crippen LogP) is 2.08. The van der Waals surface area contributed by atoms with Gasteiger partial charge in [-0.1, -0.05) is 19.3 Å². The first-order valence-electron chi connectivity index (χ1n) is 7.12. The first-order valence-corrected chi connectivity index (χ1v) is 7.12. The van der Waals surface area contributed by atoms with Crippen molar-refractivity contribution in [3.8, 4) is 0 Å². The van der Waals surface area contributed by atoms with Crippen LogP contribution in [0.25, 0.3) is 0 Å². The third-order valence-electron chi connectivity index (χ3n) is 4.02. The summed E-state index contributed by atoms with van der Waals surface area (Å²) in [5.74, 6) is -0.0649. The Bertz CT molecular complexity index is 261. The largest absolute Gasteiger partial charge is 0.480 e. The second kappa shape index (κ2) is 7.10. The molecular weight excluding hydrogens is 228 g/mol. The number of carboxylic acid groups (broad SMARTS) is 1. The van der Waals surface area contributed by atoms with Crippen molar-refractivity contribution < 1.29 is 9.90 Å². The number of hydrogen-bond acceptors (Lipinski definition) is 3. The van der Waals surface area contributed by atoms with Crippen molar-refractivity contribution in [3.63, 3.8) is 0 Å². The van der Waals surface area contributed by atoms with Crippen molar-refractivity contribution >= 4 is 5.97 Å². The SMILES string of the molecule is CN(CCCC(C)(N)C(=O)O)CC1CCCCC1. The Kier molecular flexibility index (Phi) is 6.09. The Morgan fingerprint density at radius 3 is 2.56 bits per heavy atom. The lowest BCUT2D eigenvalue weighted by atomic mass is 9.89. The zero-order valence-electron chi connectivity index (χ0n) is 11.8. The summed E-state index contributed by atoms with van der Waals surface area (Å²) in [6, 6.07) is 0.